The lowest BCUT2D eigenvalue weighted by Gasteiger charge is -2.34. The van der Waals surface area contributed by atoms with E-state index in [1.807, 2.05) is 42.5 Å². The van der Waals surface area contributed by atoms with Crippen LogP contribution in [0.5, 0.6) is 11.5 Å². The van der Waals surface area contributed by atoms with Gasteiger partial charge in [-0.05, 0) is 36.8 Å². The Labute approximate surface area is 201 Å². The first kappa shape index (κ1) is 22.0. The number of benzene rings is 3. The molecule has 2 aliphatic rings. The zero-order valence-corrected chi connectivity index (χ0v) is 19.9. The third-order valence-electron chi connectivity index (χ3n) is 5.73. The van der Waals surface area contributed by atoms with Crippen molar-refractivity contribution in [3.8, 4) is 11.5 Å². The van der Waals surface area contributed by atoms with Gasteiger partial charge in [0.2, 0.25) is 0 Å². The average molecular weight is 473 g/mol. The van der Waals surface area contributed by atoms with Crippen molar-refractivity contribution in [2.24, 2.45) is 10.1 Å². The minimum absolute atomic E-state index is 0.212. The number of hydrazone groups is 1. The maximum atomic E-state index is 13.3. The Morgan fingerprint density at radius 1 is 1.03 bits per heavy atom. The summed E-state index contributed by atoms with van der Waals surface area (Å²) in [5, 5.41) is 11.5. The summed E-state index contributed by atoms with van der Waals surface area (Å²) in [5.74, 6) is 1.79. The Balaban J connectivity index is 1.59. The van der Waals surface area contributed by atoms with Crippen molar-refractivity contribution in [2.75, 3.05) is 14.2 Å². The van der Waals surface area contributed by atoms with Gasteiger partial charge in [-0.1, -0.05) is 59.8 Å². The van der Waals surface area contributed by atoms with Crippen molar-refractivity contribution in [3.05, 3.63) is 94.0 Å². The number of hydrogen-bond acceptors (Lipinski definition) is 7. The van der Waals surface area contributed by atoms with Crippen LogP contribution < -0.4 is 25.4 Å². The second-order valence-corrected chi connectivity index (χ2v) is 8.92. The fourth-order valence-electron chi connectivity index (χ4n) is 3.97. The molecule has 2 aliphatic heterocycles. The lowest BCUT2D eigenvalue weighted by molar-refractivity contribution is -0.116. The second kappa shape index (κ2) is 9.23. The minimum Gasteiger partial charge on any atom is -0.497 e. The van der Waals surface area contributed by atoms with Gasteiger partial charge in [-0.25, -0.2) is 5.01 Å². The summed E-state index contributed by atoms with van der Waals surface area (Å²) in [6.45, 7) is 2.06. The molecule has 7 nitrogen and oxygen atoms in total. The Bertz CT molecular complexity index is 1400. The Morgan fingerprint density at radius 3 is 2.59 bits per heavy atom. The van der Waals surface area contributed by atoms with Gasteiger partial charge in [0.1, 0.15) is 17.2 Å². The summed E-state index contributed by atoms with van der Waals surface area (Å²) >= 11 is 1.48. The number of nitrogens with zero attached hydrogens (tertiary/aromatic N) is 3. The monoisotopic (exact) mass is 472 g/mol. The third-order valence-corrected chi connectivity index (χ3v) is 6.66. The van der Waals surface area contributed by atoms with Crippen molar-refractivity contribution in [1.29, 1.82) is 0 Å². The van der Waals surface area contributed by atoms with Gasteiger partial charge in [0.05, 0.1) is 19.6 Å². The van der Waals surface area contributed by atoms with Crippen LogP contribution in [-0.2, 0) is 10.5 Å². The number of ether oxygens (including phenoxy) is 2. The van der Waals surface area contributed by atoms with E-state index in [-0.39, 0.29) is 5.91 Å². The fourth-order valence-corrected chi connectivity index (χ4v) is 4.78. The number of rotatable bonds is 5. The van der Waals surface area contributed by atoms with Crippen LogP contribution in [0.2, 0.25) is 0 Å². The average Bonchev–Trinajstić information content (AvgIpc) is 2.87. The number of amidine groups is 1. The van der Waals surface area contributed by atoms with Crippen molar-refractivity contribution >= 4 is 28.5 Å². The lowest BCUT2D eigenvalue weighted by atomic mass is 10.1. The quantitative estimate of drug-likeness (QED) is 0.618. The molecule has 0 fully saturated rings. The second-order valence-electron chi connectivity index (χ2n) is 7.95. The fraction of sp³-hybridized carbons (Fsp3) is 0.192. The zero-order chi connectivity index (χ0) is 23.7. The van der Waals surface area contributed by atoms with Gasteiger partial charge in [-0.2, -0.15) is 0 Å². The Kier molecular flexibility index (Phi) is 5.98. The molecule has 0 radical (unpaired) electrons. The van der Waals surface area contributed by atoms with Crippen molar-refractivity contribution in [3.63, 3.8) is 0 Å². The molecule has 5 rings (SSSR count). The summed E-state index contributed by atoms with van der Waals surface area (Å²) in [6, 6.07) is 21.5. The Morgan fingerprint density at radius 2 is 1.82 bits per heavy atom. The molecule has 34 heavy (non-hydrogen) atoms. The number of nitrogens with one attached hydrogen (secondary N) is 1. The molecule has 0 bridgehead atoms. The molecule has 1 atom stereocenters. The lowest BCUT2D eigenvalue weighted by Crippen LogP contribution is -2.50. The molecule has 1 N–H and O–H groups in total. The molecule has 8 heteroatoms. The predicted octanol–water partition coefficient (Wildman–Crippen LogP) is 3.09. The smallest absolute Gasteiger partial charge is 0.276 e. The van der Waals surface area contributed by atoms with E-state index in [0.29, 0.717) is 28.1 Å². The first-order valence-corrected chi connectivity index (χ1v) is 11.8. The number of para-hydroxylation sites is 1. The number of methoxy groups -OCH3 is 2. The van der Waals surface area contributed by atoms with E-state index in [2.05, 4.69) is 36.5 Å². The molecule has 172 valence electrons. The van der Waals surface area contributed by atoms with Gasteiger partial charge in [0, 0.05) is 16.5 Å². The van der Waals surface area contributed by atoms with Gasteiger partial charge in [0.15, 0.2) is 11.3 Å². The number of fused-ring (bicyclic) bond motifs is 2. The maximum absolute atomic E-state index is 13.3. The van der Waals surface area contributed by atoms with Gasteiger partial charge in [-0.3, -0.25) is 15.1 Å². The van der Waals surface area contributed by atoms with E-state index >= 15 is 0 Å². The summed E-state index contributed by atoms with van der Waals surface area (Å²) in [5.41, 5.74) is 3.58. The van der Waals surface area contributed by atoms with Gasteiger partial charge in [-0.15, -0.1) is 5.10 Å². The standard InChI is InChI=1S/C26H24N4O3S/c1-16-8-10-17(11-9-16)15-34-26-28-25(31)23-19-6-4-5-7-21(19)27-24(30(23)29-26)20-14-18(32-2)12-13-22(20)33-3/h4-14,24H,15H2,1-3H3,(H,28,29,31)/t24-/m1/s1. The predicted molar refractivity (Wildman–Crippen MR) is 133 cm³/mol. The molecular weight excluding hydrogens is 448 g/mol. The van der Waals surface area contributed by atoms with E-state index in [1.54, 1.807) is 19.2 Å². The molecule has 3 aromatic carbocycles. The Hall–Kier alpha value is -3.78. The highest BCUT2D eigenvalue weighted by Gasteiger charge is 2.35. The zero-order valence-electron chi connectivity index (χ0n) is 19.1. The number of amides is 1. The van der Waals surface area contributed by atoms with Crippen LogP contribution in [0.15, 0.2) is 76.8 Å². The van der Waals surface area contributed by atoms with E-state index in [9.17, 15) is 4.79 Å². The first-order chi connectivity index (χ1) is 16.6. The van der Waals surface area contributed by atoms with E-state index in [1.165, 1.54) is 17.3 Å². The van der Waals surface area contributed by atoms with E-state index < -0.39 is 6.17 Å². The van der Waals surface area contributed by atoms with Crippen molar-refractivity contribution in [1.82, 2.24) is 10.3 Å². The van der Waals surface area contributed by atoms with Crippen LogP contribution >= 0.6 is 11.8 Å². The summed E-state index contributed by atoms with van der Waals surface area (Å²) in [6.07, 6.45) is -0.587. The number of thioether (sulfide) groups is 1. The van der Waals surface area contributed by atoms with Crippen LogP contribution in [0.3, 0.4) is 0 Å². The highest BCUT2D eigenvalue weighted by molar-refractivity contribution is 8.13. The molecule has 0 spiro atoms. The minimum atomic E-state index is -0.587. The number of aryl methyl sites for hydroxylation is 1. The molecular formula is C26H24N4O3S. The van der Waals surface area contributed by atoms with Gasteiger partial charge in [0.25, 0.3) is 5.91 Å². The largest absolute Gasteiger partial charge is 0.497 e. The van der Waals surface area contributed by atoms with E-state index in [4.69, 9.17) is 19.6 Å². The SMILES string of the molecule is COc1ccc(OC)c([C@@H]2N=c3ccccc3=C3C(=O)NC(SCc4ccc(C)cc4)=NN32)c1. The van der Waals surface area contributed by atoms with E-state index in [0.717, 1.165) is 21.7 Å². The number of carbonyl (C=O) groups is 1. The number of hydrogen-bond donors (Lipinski definition) is 1. The molecule has 0 aliphatic carbocycles. The molecule has 2 heterocycles. The van der Waals surface area contributed by atoms with Crippen LogP contribution in [0, 0.1) is 6.92 Å². The maximum Gasteiger partial charge on any atom is 0.276 e. The molecule has 0 saturated heterocycles. The van der Waals surface area contributed by atoms with Gasteiger partial charge < -0.3 is 9.47 Å². The highest BCUT2D eigenvalue weighted by Crippen LogP contribution is 2.37. The summed E-state index contributed by atoms with van der Waals surface area (Å²) in [4.78, 5) is 18.3. The number of carbonyl (C=O) groups excluding carboxylic acids is 1. The van der Waals surface area contributed by atoms with Crippen LogP contribution in [-0.4, -0.2) is 30.3 Å². The third kappa shape index (κ3) is 4.12. The van der Waals surface area contributed by atoms with Crippen LogP contribution in [0.25, 0.3) is 5.70 Å². The molecule has 0 aromatic heterocycles. The molecule has 0 unspecified atom stereocenters. The topological polar surface area (TPSA) is 75.5 Å². The van der Waals surface area contributed by atoms with Crippen LogP contribution in [0.1, 0.15) is 22.9 Å². The summed E-state index contributed by atoms with van der Waals surface area (Å²) < 4.78 is 11.1. The van der Waals surface area contributed by atoms with Crippen molar-refractivity contribution < 1.29 is 14.3 Å². The van der Waals surface area contributed by atoms with Crippen molar-refractivity contribution in [2.45, 2.75) is 18.8 Å². The normalized spacial score (nSPS) is 16.6. The van der Waals surface area contributed by atoms with Gasteiger partial charge >= 0.3 is 0 Å². The summed E-state index contributed by atoms with van der Waals surface area (Å²) in [7, 11) is 3.23. The molecule has 3 aromatic rings. The molecule has 0 saturated carbocycles. The highest BCUT2D eigenvalue weighted by atomic mass is 32.2. The first-order valence-electron chi connectivity index (χ1n) is 10.8. The van der Waals surface area contributed by atoms with Crippen LogP contribution in [0.4, 0.5) is 0 Å². The molecule has 1 amide bonds.